The van der Waals surface area contributed by atoms with E-state index in [2.05, 4.69) is 33.2 Å². The molecular weight excluding hydrogens is 332 g/mol. The lowest BCUT2D eigenvalue weighted by atomic mass is 10.2. The second-order valence-corrected chi connectivity index (χ2v) is 5.38. The predicted octanol–water partition coefficient (Wildman–Crippen LogP) is 4.25. The van der Waals surface area contributed by atoms with Crippen LogP contribution >= 0.6 is 15.9 Å². The molecule has 1 aromatic heterocycles. The maximum Gasteiger partial charge on any atom is 0.134 e. The minimum atomic E-state index is 0.463. The van der Waals surface area contributed by atoms with Crippen molar-refractivity contribution in [2.75, 3.05) is 19.0 Å². The number of hydrogen-bond acceptors (Lipinski definition) is 4. The van der Waals surface area contributed by atoms with Gasteiger partial charge in [0, 0.05) is 18.3 Å². The van der Waals surface area contributed by atoms with Gasteiger partial charge in [-0.15, -0.1) is 0 Å². The molecule has 0 spiro atoms. The number of methoxy groups -OCH3 is 1. The average molecular weight is 351 g/mol. The number of hydrogen-bond donors (Lipinski definition) is 1. The second-order valence-electron chi connectivity index (χ2n) is 4.52. The van der Waals surface area contributed by atoms with Crippen molar-refractivity contribution in [2.24, 2.45) is 0 Å². The highest BCUT2D eigenvalue weighted by Gasteiger charge is 2.06. The third-order valence-corrected chi connectivity index (χ3v) is 3.58. The number of halogens is 1. The molecule has 0 aliphatic rings. The third kappa shape index (κ3) is 4.36. The number of ether oxygens (including phenoxy) is 2. The third-order valence-electron chi connectivity index (χ3n) is 2.96. The Balaban J connectivity index is 2.06. The molecule has 0 radical (unpaired) electrons. The molecule has 0 aliphatic heterocycles. The van der Waals surface area contributed by atoms with Gasteiger partial charge in [-0.3, -0.25) is 0 Å². The molecule has 0 atom stereocenters. The van der Waals surface area contributed by atoms with Crippen LogP contribution in [0.4, 0.5) is 5.82 Å². The van der Waals surface area contributed by atoms with Gasteiger partial charge in [-0.2, -0.15) is 0 Å². The van der Waals surface area contributed by atoms with E-state index < -0.39 is 0 Å². The largest absolute Gasteiger partial charge is 0.497 e. The van der Waals surface area contributed by atoms with E-state index in [9.17, 15) is 0 Å². The lowest BCUT2D eigenvalue weighted by Gasteiger charge is -2.12. The summed E-state index contributed by atoms with van der Waals surface area (Å²) < 4.78 is 11.9. The Morgan fingerprint density at radius 3 is 2.86 bits per heavy atom. The number of pyridine rings is 1. The van der Waals surface area contributed by atoms with Gasteiger partial charge in [0.2, 0.25) is 0 Å². The monoisotopic (exact) mass is 350 g/mol. The Morgan fingerprint density at radius 2 is 2.14 bits per heavy atom. The van der Waals surface area contributed by atoms with Crippen molar-refractivity contribution < 1.29 is 9.47 Å². The first-order chi connectivity index (χ1) is 10.2. The second kappa shape index (κ2) is 7.88. The van der Waals surface area contributed by atoms with Gasteiger partial charge in [-0.25, -0.2) is 4.98 Å². The van der Waals surface area contributed by atoms with Gasteiger partial charge in [0.15, 0.2) is 0 Å². The Hall–Kier alpha value is -1.75. The molecule has 0 saturated carbocycles. The smallest absolute Gasteiger partial charge is 0.134 e. The van der Waals surface area contributed by atoms with Crippen LogP contribution in [0.5, 0.6) is 11.5 Å². The summed E-state index contributed by atoms with van der Waals surface area (Å²) in [5.41, 5.74) is 1.04. The Morgan fingerprint density at radius 1 is 1.29 bits per heavy atom. The zero-order chi connectivity index (χ0) is 15.1. The minimum Gasteiger partial charge on any atom is -0.497 e. The summed E-state index contributed by atoms with van der Waals surface area (Å²) in [6, 6.07) is 9.58. The fourth-order valence-corrected chi connectivity index (χ4v) is 2.31. The topological polar surface area (TPSA) is 43.4 Å². The van der Waals surface area contributed by atoms with Crippen molar-refractivity contribution in [3.8, 4) is 11.5 Å². The Bertz CT molecular complexity index is 590. The molecule has 0 saturated heterocycles. The van der Waals surface area contributed by atoms with E-state index in [1.165, 1.54) is 0 Å². The zero-order valence-electron chi connectivity index (χ0n) is 12.2. The SMILES string of the molecule is CCCNc1ncccc1COc1ccc(OC)cc1Br. The van der Waals surface area contributed by atoms with E-state index in [1.807, 2.05) is 30.3 Å². The van der Waals surface area contributed by atoms with Crippen LogP contribution in [0.15, 0.2) is 41.0 Å². The Labute approximate surface area is 133 Å². The molecule has 0 fully saturated rings. The van der Waals surface area contributed by atoms with Crippen LogP contribution in [-0.4, -0.2) is 18.6 Å². The summed E-state index contributed by atoms with van der Waals surface area (Å²) in [7, 11) is 1.64. The van der Waals surface area contributed by atoms with Crippen LogP contribution in [0.25, 0.3) is 0 Å². The first-order valence-electron chi connectivity index (χ1n) is 6.88. The number of rotatable bonds is 7. The molecule has 112 valence electrons. The number of nitrogens with zero attached hydrogens (tertiary/aromatic N) is 1. The van der Waals surface area contributed by atoms with Gasteiger partial charge in [0.1, 0.15) is 23.9 Å². The van der Waals surface area contributed by atoms with Gasteiger partial charge in [-0.1, -0.05) is 13.0 Å². The maximum absolute atomic E-state index is 5.86. The predicted molar refractivity (Wildman–Crippen MR) is 88.0 cm³/mol. The van der Waals surface area contributed by atoms with Gasteiger partial charge in [0.05, 0.1) is 11.6 Å². The van der Waals surface area contributed by atoms with E-state index in [0.717, 1.165) is 40.3 Å². The van der Waals surface area contributed by atoms with Crippen LogP contribution in [0, 0.1) is 0 Å². The maximum atomic E-state index is 5.86. The molecule has 5 heteroatoms. The summed E-state index contributed by atoms with van der Waals surface area (Å²) in [6.45, 7) is 3.49. The highest BCUT2D eigenvalue weighted by atomic mass is 79.9. The van der Waals surface area contributed by atoms with E-state index in [0.29, 0.717) is 6.61 Å². The fraction of sp³-hybridized carbons (Fsp3) is 0.312. The van der Waals surface area contributed by atoms with Gasteiger partial charge < -0.3 is 14.8 Å². The average Bonchev–Trinajstić information content (AvgIpc) is 2.52. The van der Waals surface area contributed by atoms with Crippen molar-refractivity contribution in [1.29, 1.82) is 0 Å². The molecule has 0 unspecified atom stereocenters. The van der Waals surface area contributed by atoms with Crippen molar-refractivity contribution >= 4 is 21.7 Å². The fourth-order valence-electron chi connectivity index (χ4n) is 1.84. The van der Waals surface area contributed by atoms with E-state index in [1.54, 1.807) is 13.3 Å². The van der Waals surface area contributed by atoms with Gasteiger partial charge >= 0.3 is 0 Å². The van der Waals surface area contributed by atoms with Crippen LogP contribution in [0.3, 0.4) is 0 Å². The first-order valence-corrected chi connectivity index (χ1v) is 7.68. The number of aromatic nitrogens is 1. The van der Waals surface area contributed by atoms with Gasteiger partial charge in [0.25, 0.3) is 0 Å². The highest BCUT2D eigenvalue weighted by Crippen LogP contribution is 2.30. The molecule has 0 amide bonds. The molecule has 2 aromatic rings. The molecule has 21 heavy (non-hydrogen) atoms. The molecule has 0 aliphatic carbocycles. The van der Waals surface area contributed by atoms with E-state index in [4.69, 9.17) is 9.47 Å². The molecule has 1 heterocycles. The minimum absolute atomic E-state index is 0.463. The summed E-state index contributed by atoms with van der Waals surface area (Å²) in [6.07, 6.45) is 2.84. The zero-order valence-corrected chi connectivity index (χ0v) is 13.8. The van der Waals surface area contributed by atoms with Crippen LogP contribution in [-0.2, 0) is 6.61 Å². The molecule has 0 bridgehead atoms. The van der Waals surface area contributed by atoms with Crippen LogP contribution in [0.1, 0.15) is 18.9 Å². The van der Waals surface area contributed by atoms with Crippen LogP contribution in [0.2, 0.25) is 0 Å². The van der Waals surface area contributed by atoms with Crippen LogP contribution < -0.4 is 14.8 Å². The normalized spacial score (nSPS) is 10.2. The standard InChI is InChI=1S/C16H19BrN2O2/c1-3-8-18-16-12(5-4-9-19-16)11-21-15-7-6-13(20-2)10-14(15)17/h4-7,9-10H,3,8,11H2,1-2H3,(H,18,19). The van der Waals surface area contributed by atoms with Crippen molar-refractivity contribution in [2.45, 2.75) is 20.0 Å². The van der Waals surface area contributed by atoms with Crippen molar-refractivity contribution in [3.63, 3.8) is 0 Å². The molecular formula is C16H19BrN2O2. The molecule has 1 N–H and O–H groups in total. The molecule has 2 rings (SSSR count). The van der Waals surface area contributed by atoms with Gasteiger partial charge in [-0.05, 0) is 46.6 Å². The van der Waals surface area contributed by atoms with Crippen molar-refractivity contribution in [1.82, 2.24) is 4.98 Å². The van der Waals surface area contributed by atoms with Crippen molar-refractivity contribution in [3.05, 3.63) is 46.6 Å². The molecule has 4 nitrogen and oxygen atoms in total. The lowest BCUT2D eigenvalue weighted by Crippen LogP contribution is -2.07. The number of nitrogens with one attached hydrogen (secondary N) is 1. The van der Waals surface area contributed by atoms with E-state index in [-0.39, 0.29) is 0 Å². The summed E-state index contributed by atoms with van der Waals surface area (Å²) >= 11 is 3.49. The van der Waals surface area contributed by atoms with E-state index >= 15 is 0 Å². The quantitative estimate of drug-likeness (QED) is 0.810. The number of benzene rings is 1. The molecule has 1 aromatic carbocycles. The summed E-state index contributed by atoms with van der Waals surface area (Å²) in [5.74, 6) is 2.45. The lowest BCUT2D eigenvalue weighted by molar-refractivity contribution is 0.303. The summed E-state index contributed by atoms with van der Waals surface area (Å²) in [5, 5.41) is 3.31. The first kappa shape index (κ1) is 15.6. The number of anilines is 1. The Kier molecular flexibility index (Phi) is 5.87. The summed E-state index contributed by atoms with van der Waals surface area (Å²) in [4.78, 5) is 4.36. The highest BCUT2D eigenvalue weighted by molar-refractivity contribution is 9.10.